The molecule has 1 aliphatic heterocycles. The van der Waals surface area contributed by atoms with Gasteiger partial charge < -0.3 is 10.1 Å². The van der Waals surface area contributed by atoms with Crippen molar-refractivity contribution in [2.75, 3.05) is 0 Å². The molecule has 144 valence electrons. The molecule has 0 radical (unpaired) electrons. The number of hydrogen-bond acceptors (Lipinski definition) is 3. The maximum Gasteiger partial charge on any atom is 0.233 e. The molecule has 0 fully saturated rings. The monoisotopic (exact) mass is 383 g/mol. The van der Waals surface area contributed by atoms with Crippen molar-refractivity contribution >= 4 is 17.7 Å². The number of rotatable bonds is 7. The van der Waals surface area contributed by atoms with Gasteiger partial charge in [0.1, 0.15) is 11.4 Å². The molecule has 1 N–H and O–H groups in total. The van der Waals surface area contributed by atoms with Crippen molar-refractivity contribution in [3.8, 4) is 5.75 Å². The summed E-state index contributed by atoms with van der Waals surface area (Å²) in [6.07, 6.45) is 2.68. The first kappa shape index (κ1) is 19.8. The number of fused-ring (bicyclic) bond motifs is 1. The molecule has 0 unspecified atom stereocenters. The van der Waals surface area contributed by atoms with E-state index in [0.717, 1.165) is 36.3 Å². The molecule has 0 spiro atoms. The van der Waals surface area contributed by atoms with E-state index >= 15 is 0 Å². The molecule has 4 heteroatoms. The molecular weight excluding hydrogens is 354 g/mol. The van der Waals surface area contributed by atoms with Crippen molar-refractivity contribution in [1.82, 2.24) is 5.32 Å². The summed E-state index contributed by atoms with van der Waals surface area (Å²) in [6, 6.07) is 18.4. The molecule has 0 aliphatic carbocycles. The molecule has 1 aliphatic rings. The smallest absolute Gasteiger partial charge is 0.233 e. The Bertz CT molecular complexity index is 758. The van der Waals surface area contributed by atoms with E-state index in [1.165, 1.54) is 5.56 Å². The van der Waals surface area contributed by atoms with Crippen molar-refractivity contribution in [2.45, 2.75) is 62.7 Å². The number of amides is 1. The lowest BCUT2D eigenvalue weighted by Crippen LogP contribution is -2.45. The maximum absolute atomic E-state index is 12.9. The minimum absolute atomic E-state index is 0.00197. The molecule has 1 amide bonds. The highest BCUT2D eigenvalue weighted by molar-refractivity contribution is 7.99. The molecule has 0 saturated carbocycles. The number of para-hydroxylation sites is 1. The van der Waals surface area contributed by atoms with Crippen molar-refractivity contribution in [3.63, 3.8) is 0 Å². The van der Waals surface area contributed by atoms with Crippen molar-refractivity contribution in [1.29, 1.82) is 0 Å². The van der Waals surface area contributed by atoms with Gasteiger partial charge in [0, 0.05) is 17.7 Å². The zero-order valence-corrected chi connectivity index (χ0v) is 17.2. The number of carbonyl (C=O) groups is 1. The van der Waals surface area contributed by atoms with Gasteiger partial charge in [-0.1, -0.05) is 62.4 Å². The molecule has 3 rings (SSSR count). The average Bonchev–Trinajstić information content (AvgIpc) is 2.72. The van der Waals surface area contributed by atoms with E-state index in [0.29, 0.717) is 0 Å². The Labute approximate surface area is 166 Å². The van der Waals surface area contributed by atoms with E-state index in [-0.39, 0.29) is 22.8 Å². The van der Waals surface area contributed by atoms with Gasteiger partial charge in [-0.15, -0.1) is 11.8 Å². The fraction of sp³-hybridized carbons (Fsp3) is 0.435. The molecule has 2 aromatic carbocycles. The highest BCUT2D eigenvalue weighted by Gasteiger charge is 2.39. The van der Waals surface area contributed by atoms with Crippen LogP contribution in [0.2, 0.25) is 0 Å². The SMILES string of the molecule is CCC1(CC)C[C@H](NC(=O)[C@@H](C)SCc2ccccc2)c2ccccc2O1. The van der Waals surface area contributed by atoms with Crippen molar-refractivity contribution < 1.29 is 9.53 Å². The molecule has 3 nitrogen and oxygen atoms in total. The second-order valence-electron chi connectivity index (χ2n) is 7.23. The summed E-state index contributed by atoms with van der Waals surface area (Å²) in [5, 5.41) is 3.20. The third kappa shape index (κ3) is 4.67. The highest BCUT2D eigenvalue weighted by atomic mass is 32.2. The normalized spacial score (nSPS) is 18.9. The quantitative estimate of drug-likeness (QED) is 0.685. The lowest BCUT2D eigenvalue weighted by Gasteiger charge is -2.42. The highest BCUT2D eigenvalue weighted by Crippen LogP contribution is 2.42. The molecule has 0 bridgehead atoms. The van der Waals surface area contributed by atoms with E-state index in [2.05, 4.69) is 37.4 Å². The molecule has 1 heterocycles. The van der Waals surface area contributed by atoms with Crippen LogP contribution < -0.4 is 10.1 Å². The lowest BCUT2D eigenvalue weighted by molar-refractivity contribution is -0.121. The van der Waals surface area contributed by atoms with Crippen LogP contribution in [0.5, 0.6) is 5.75 Å². The zero-order chi connectivity index (χ0) is 19.3. The summed E-state index contributed by atoms with van der Waals surface area (Å²) in [5.74, 6) is 1.84. The molecule has 27 heavy (non-hydrogen) atoms. The van der Waals surface area contributed by atoms with Gasteiger partial charge in [0.15, 0.2) is 0 Å². The Morgan fingerprint density at radius 2 is 1.81 bits per heavy atom. The second-order valence-corrected chi connectivity index (χ2v) is 8.56. The number of ether oxygens (including phenoxy) is 1. The van der Waals surface area contributed by atoms with Gasteiger partial charge in [-0.25, -0.2) is 0 Å². The minimum atomic E-state index is -0.202. The Kier molecular flexibility index (Phi) is 6.48. The van der Waals surface area contributed by atoms with Gasteiger partial charge in [-0.05, 0) is 31.4 Å². The van der Waals surface area contributed by atoms with E-state index in [1.54, 1.807) is 11.8 Å². The lowest BCUT2D eigenvalue weighted by atomic mass is 9.83. The van der Waals surface area contributed by atoms with Crippen LogP contribution in [-0.4, -0.2) is 16.8 Å². The fourth-order valence-corrected chi connectivity index (χ4v) is 4.44. The van der Waals surface area contributed by atoms with E-state index in [9.17, 15) is 4.79 Å². The number of hydrogen-bond donors (Lipinski definition) is 1. The molecular formula is C23H29NO2S. The predicted molar refractivity (Wildman–Crippen MR) is 113 cm³/mol. The van der Waals surface area contributed by atoms with Gasteiger partial charge in [-0.2, -0.15) is 0 Å². The third-order valence-electron chi connectivity index (χ3n) is 5.51. The van der Waals surface area contributed by atoms with Crippen LogP contribution in [0.15, 0.2) is 54.6 Å². The van der Waals surface area contributed by atoms with Gasteiger partial charge in [0.2, 0.25) is 5.91 Å². The van der Waals surface area contributed by atoms with Crippen LogP contribution >= 0.6 is 11.8 Å². The first-order valence-electron chi connectivity index (χ1n) is 9.80. The van der Waals surface area contributed by atoms with Crippen LogP contribution in [0.25, 0.3) is 0 Å². The van der Waals surface area contributed by atoms with E-state index < -0.39 is 0 Å². The van der Waals surface area contributed by atoms with E-state index in [4.69, 9.17) is 4.74 Å². The topological polar surface area (TPSA) is 38.3 Å². The van der Waals surface area contributed by atoms with Crippen LogP contribution in [0.1, 0.15) is 57.2 Å². The Morgan fingerprint density at radius 1 is 1.15 bits per heavy atom. The summed E-state index contributed by atoms with van der Waals surface area (Å²) in [7, 11) is 0. The molecule has 0 aromatic heterocycles. The predicted octanol–water partition coefficient (Wildman–Crippen LogP) is 5.51. The Hall–Kier alpha value is -1.94. The maximum atomic E-state index is 12.9. The van der Waals surface area contributed by atoms with Gasteiger partial charge in [-0.3, -0.25) is 4.79 Å². The largest absolute Gasteiger partial charge is 0.487 e. The summed E-state index contributed by atoms with van der Waals surface area (Å²) in [5.41, 5.74) is 2.13. The first-order chi connectivity index (χ1) is 13.1. The van der Waals surface area contributed by atoms with Crippen molar-refractivity contribution in [3.05, 3.63) is 65.7 Å². The minimum Gasteiger partial charge on any atom is -0.487 e. The van der Waals surface area contributed by atoms with Crippen LogP contribution in [0.4, 0.5) is 0 Å². The van der Waals surface area contributed by atoms with Crippen LogP contribution in [0.3, 0.4) is 0 Å². The average molecular weight is 384 g/mol. The molecule has 0 saturated heterocycles. The van der Waals surface area contributed by atoms with E-state index in [1.807, 2.05) is 43.3 Å². The number of nitrogens with one attached hydrogen (secondary N) is 1. The van der Waals surface area contributed by atoms with Crippen molar-refractivity contribution in [2.24, 2.45) is 0 Å². The van der Waals surface area contributed by atoms with Crippen LogP contribution in [0, 0.1) is 0 Å². The zero-order valence-electron chi connectivity index (χ0n) is 16.4. The third-order valence-corrected chi connectivity index (χ3v) is 6.73. The van der Waals surface area contributed by atoms with Crippen LogP contribution in [-0.2, 0) is 10.5 Å². The first-order valence-corrected chi connectivity index (χ1v) is 10.9. The standard InChI is InChI=1S/C23H29NO2S/c1-4-23(5-2)15-20(19-13-9-10-14-21(19)26-23)24-22(25)17(3)27-16-18-11-7-6-8-12-18/h6-14,17,20H,4-5,15-16H2,1-3H3,(H,24,25)/t17-,20+/m1/s1. The van der Waals surface area contributed by atoms with Gasteiger partial charge in [0.25, 0.3) is 0 Å². The number of thioether (sulfide) groups is 1. The second kappa shape index (κ2) is 8.83. The number of carbonyl (C=O) groups excluding carboxylic acids is 1. The fourth-order valence-electron chi connectivity index (χ4n) is 3.59. The summed E-state index contributed by atoms with van der Waals surface area (Å²) in [4.78, 5) is 12.9. The summed E-state index contributed by atoms with van der Waals surface area (Å²) >= 11 is 1.68. The van der Waals surface area contributed by atoms with Gasteiger partial charge in [0.05, 0.1) is 11.3 Å². The Balaban J connectivity index is 1.68. The Morgan fingerprint density at radius 3 is 2.52 bits per heavy atom. The van der Waals surface area contributed by atoms with Gasteiger partial charge >= 0.3 is 0 Å². The summed E-state index contributed by atoms with van der Waals surface area (Å²) in [6.45, 7) is 6.31. The molecule has 2 atom stereocenters. The summed E-state index contributed by atoms with van der Waals surface area (Å²) < 4.78 is 6.34. The number of benzene rings is 2. The molecule has 2 aromatic rings.